The molecule has 2 aromatic carbocycles. The van der Waals surface area contributed by atoms with Gasteiger partial charge in [-0.1, -0.05) is 39.0 Å². The summed E-state index contributed by atoms with van der Waals surface area (Å²) < 4.78 is 10.9. The number of methoxy groups -OCH3 is 2. The van der Waals surface area contributed by atoms with E-state index in [-0.39, 0.29) is 11.5 Å². The van der Waals surface area contributed by atoms with Gasteiger partial charge in [-0.25, -0.2) is 4.79 Å². The Labute approximate surface area is 197 Å². The molecule has 0 radical (unpaired) electrons. The molecule has 1 amide bonds. The van der Waals surface area contributed by atoms with Crippen molar-refractivity contribution in [3.8, 4) is 22.6 Å². The molecule has 1 aliphatic carbocycles. The van der Waals surface area contributed by atoms with Crippen LogP contribution >= 0.6 is 0 Å². The molecule has 1 saturated carbocycles. The SMILES string of the molecule is COc1ccc(-c2ccc(OC)c(CNC3CCC(N(CC(C)(C)C)C(=O)O)CC3)c2)cc1. The highest BCUT2D eigenvalue weighted by Gasteiger charge is 2.31. The van der Waals surface area contributed by atoms with Crippen molar-refractivity contribution in [1.29, 1.82) is 0 Å². The maximum absolute atomic E-state index is 11.8. The molecule has 0 spiro atoms. The minimum atomic E-state index is -0.804. The lowest BCUT2D eigenvalue weighted by Gasteiger charge is -2.38. The van der Waals surface area contributed by atoms with E-state index in [4.69, 9.17) is 9.47 Å². The molecule has 0 atom stereocenters. The van der Waals surface area contributed by atoms with E-state index in [0.29, 0.717) is 19.1 Å². The molecular formula is C27H38N2O4. The van der Waals surface area contributed by atoms with Crippen LogP contribution in [0.15, 0.2) is 42.5 Å². The second-order valence-electron chi connectivity index (χ2n) is 10.1. The summed E-state index contributed by atoms with van der Waals surface area (Å²) in [6.45, 7) is 7.55. The van der Waals surface area contributed by atoms with E-state index in [1.165, 1.54) is 0 Å². The van der Waals surface area contributed by atoms with Crippen molar-refractivity contribution < 1.29 is 19.4 Å². The minimum absolute atomic E-state index is 0.0427. The number of nitrogens with zero attached hydrogens (tertiary/aromatic N) is 1. The standard InChI is InChI=1S/C27H38N2O4/c1-27(2,3)18-29(26(30)31)23-11-9-22(10-12-23)28-17-21-16-20(8-15-25(21)33-5)19-6-13-24(32-4)14-7-19/h6-8,13-16,22-23,28H,9-12,17-18H2,1-5H3,(H,30,31). The van der Waals surface area contributed by atoms with E-state index in [2.05, 4.69) is 50.4 Å². The number of ether oxygens (including phenoxy) is 2. The van der Waals surface area contributed by atoms with Gasteiger partial charge < -0.3 is 24.8 Å². The molecule has 180 valence electrons. The first-order valence-corrected chi connectivity index (χ1v) is 11.7. The zero-order valence-electron chi connectivity index (χ0n) is 20.6. The summed E-state index contributed by atoms with van der Waals surface area (Å²) >= 11 is 0. The van der Waals surface area contributed by atoms with Crippen LogP contribution in [0.4, 0.5) is 4.79 Å². The molecule has 6 heteroatoms. The normalized spacial score (nSPS) is 18.6. The summed E-state index contributed by atoms with van der Waals surface area (Å²) in [6.07, 6.45) is 2.92. The maximum atomic E-state index is 11.8. The average Bonchev–Trinajstić information content (AvgIpc) is 2.81. The molecule has 3 rings (SSSR count). The number of benzene rings is 2. The smallest absolute Gasteiger partial charge is 0.407 e. The molecule has 1 fully saturated rings. The number of nitrogens with one attached hydrogen (secondary N) is 1. The molecular weight excluding hydrogens is 416 g/mol. The van der Waals surface area contributed by atoms with E-state index in [1.807, 2.05) is 18.2 Å². The molecule has 0 aliphatic heterocycles. The zero-order valence-corrected chi connectivity index (χ0v) is 20.6. The third-order valence-corrected chi connectivity index (χ3v) is 6.31. The summed E-state index contributed by atoms with van der Waals surface area (Å²) in [4.78, 5) is 13.5. The van der Waals surface area contributed by atoms with Crippen molar-refractivity contribution in [3.63, 3.8) is 0 Å². The maximum Gasteiger partial charge on any atom is 0.407 e. The quantitative estimate of drug-likeness (QED) is 0.528. The molecule has 33 heavy (non-hydrogen) atoms. The van der Waals surface area contributed by atoms with Gasteiger partial charge in [0.15, 0.2) is 0 Å². The van der Waals surface area contributed by atoms with Gasteiger partial charge in [0.25, 0.3) is 0 Å². The fraction of sp³-hybridized carbons (Fsp3) is 0.519. The molecule has 2 N–H and O–H groups in total. The third-order valence-electron chi connectivity index (χ3n) is 6.31. The van der Waals surface area contributed by atoms with Gasteiger partial charge in [0.1, 0.15) is 11.5 Å². The predicted octanol–water partition coefficient (Wildman–Crippen LogP) is 5.80. The molecule has 1 aliphatic rings. The summed E-state index contributed by atoms with van der Waals surface area (Å²) in [7, 11) is 3.37. The van der Waals surface area contributed by atoms with Crippen molar-refractivity contribution in [1.82, 2.24) is 10.2 Å². The Hall–Kier alpha value is -2.73. The molecule has 6 nitrogen and oxygen atoms in total. The Bertz CT molecular complexity index is 913. The van der Waals surface area contributed by atoms with Crippen molar-refractivity contribution in [3.05, 3.63) is 48.0 Å². The van der Waals surface area contributed by atoms with Gasteiger partial charge >= 0.3 is 6.09 Å². The molecule has 2 aromatic rings. The van der Waals surface area contributed by atoms with Crippen LogP contribution in [-0.2, 0) is 6.54 Å². The van der Waals surface area contributed by atoms with Gasteiger partial charge in [0, 0.05) is 30.7 Å². The van der Waals surface area contributed by atoms with Crippen LogP contribution in [0.1, 0.15) is 52.0 Å². The Morgan fingerprint density at radius 2 is 1.64 bits per heavy atom. The highest BCUT2D eigenvalue weighted by molar-refractivity contribution is 5.66. The Morgan fingerprint density at radius 1 is 1.00 bits per heavy atom. The van der Waals surface area contributed by atoms with Gasteiger partial charge in [0.2, 0.25) is 0 Å². The van der Waals surface area contributed by atoms with Crippen LogP contribution in [0.3, 0.4) is 0 Å². The van der Waals surface area contributed by atoms with Gasteiger partial charge in [-0.05, 0) is 66.5 Å². The first-order chi connectivity index (χ1) is 15.7. The second kappa shape index (κ2) is 10.9. The molecule has 0 bridgehead atoms. The van der Waals surface area contributed by atoms with Gasteiger partial charge in [0.05, 0.1) is 14.2 Å². The number of carboxylic acid groups (broad SMARTS) is 1. The van der Waals surface area contributed by atoms with E-state index in [9.17, 15) is 9.90 Å². The summed E-state index contributed by atoms with van der Waals surface area (Å²) in [5.41, 5.74) is 3.35. The summed E-state index contributed by atoms with van der Waals surface area (Å²) in [5.74, 6) is 1.71. The molecule has 0 heterocycles. The largest absolute Gasteiger partial charge is 0.497 e. The minimum Gasteiger partial charge on any atom is -0.497 e. The number of rotatable bonds is 8. The Morgan fingerprint density at radius 3 is 2.18 bits per heavy atom. The first kappa shape index (κ1) is 24.9. The monoisotopic (exact) mass is 454 g/mol. The topological polar surface area (TPSA) is 71.0 Å². The Balaban J connectivity index is 1.61. The Kier molecular flexibility index (Phi) is 8.25. The van der Waals surface area contributed by atoms with Crippen LogP contribution in [0, 0.1) is 5.41 Å². The highest BCUT2D eigenvalue weighted by Crippen LogP contribution is 2.30. The van der Waals surface area contributed by atoms with E-state index >= 15 is 0 Å². The second-order valence-corrected chi connectivity index (χ2v) is 10.1. The number of amides is 1. The van der Waals surface area contributed by atoms with Gasteiger partial charge in [-0.15, -0.1) is 0 Å². The lowest BCUT2D eigenvalue weighted by atomic mass is 9.88. The van der Waals surface area contributed by atoms with E-state index in [0.717, 1.165) is 53.9 Å². The van der Waals surface area contributed by atoms with Crippen LogP contribution in [0.2, 0.25) is 0 Å². The van der Waals surface area contributed by atoms with Crippen LogP contribution in [0.25, 0.3) is 11.1 Å². The van der Waals surface area contributed by atoms with Crippen LogP contribution in [-0.4, -0.2) is 48.9 Å². The summed E-state index contributed by atoms with van der Waals surface area (Å²) in [6, 6.07) is 14.8. The third kappa shape index (κ3) is 6.87. The van der Waals surface area contributed by atoms with Gasteiger partial charge in [-0.3, -0.25) is 0 Å². The fourth-order valence-electron chi connectivity index (χ4n) is 4.59. The van der Waals surface area contributed by atoms with Crippen molar-refractivity contribution in [2.24, 2.45) is 5.41 Å². The average molecular weight is 455 g/mol. The highest BCUT2D eigenvalue weighted by atomic mass is 16.5. The number of carbonyl (C=O) groups is 1. The van der Waals surface area contributed by atoms with Crippen LogP contribution < -0.4 is 14.8 Å². The fourth-order valence-corrected chi connectivity index (χ4v) is 4.59. The number of hydrogen-bond donors (Lipinski definition) is 2. The van der Waals surface area contributed by atoms with Gasteiger partial charge in [-0.2, -0.15) is 0 Å². The number of hydrogen-bond acceptors (Lipinski definition) is 4. The summed E-state index contributed by atoms with van der Waals surface area (Å²) in [5, 5.41) is 13.4. The molecule has 0 saturated heterocycles. The van der Waals surface area contributed by atoms with Crippen molar-refractivity contribution >= 4 is 6.09 Å². The lowest BCUT2D eigenvalue weighted by Crippen LogP contribution is -2.47. The van der Waals surface area contributed by atoms with Crippen molar-refractivity contribution in [2.45, 2.75) is 65.1 Å². The van der Waals surface area contributed by atoms with Crippen LogP contribution in [0.5, 0.6) is 11.5 Å². The first-order valence-electron chi connectivity index (χ1n) is 11.7. The van der Waals surface area contributed by atoms with Crippen molar-refractivity contribution in [2.75, 3.05) is 20.8 Å². The van der Waals surface area contributed by atoms with E-state index < -0.39 is 6.09 Å². The predicted molar refractivity (Wildman–Crippen MR) is 132 cm³/mol. The zero-order chi connectivity index (χ0) is 24.0. The lowest BCUT2D eigenvalue weighted by molar-refractivity contribution is 0.0847. The molecule has 0 aromatic heterocycles. The van der Waals surface area contributed by atoms with E-state index in [1.54, 1.807) is 19.1 Å². The molecule has 0 unspecified atom stereocenters.